The molecule has 3 rings (SSSR count). The Morgan fingerprint density at radius 3 is 2.46 bits per heavy atom. The molecule has 3 heterocycles. The number of morpholine rings is 1. The fourth-order valence-electron chi connectivity index (χ4n) is 3.34. The van der Waals surface area contributed by atoms with Gasteiger partial charge in [-0.25, -0.2) is 4.72 Å². The van der Waals surface area contributed by atoms with Gasteiger partial charge in [-0.3, -0.25) is 4.90 Å². The molecule has 0 aliphatic carbocycles. The van der Waals surface area contributed by atoms with Crippen LogP contribution in [0, 0.1) is 0 Å². The summed E-state index contributed by atoms with van der Waals surface area (Å²) in [4.78, 5) is 3.52. The van der Waals surface area contributed by atoms with Gasteiger partial charge in [0.15, 0.2) is 0 Å². The third-order valence-electron chi connectivity index (χ3n) is 4.72. The molecule has 0 saturated carbocycles. The maximum Gasteiger partial charge on any atom is 0.279 e. The van der Waals surface area contributed by atoms with Crippen LogP contribution in [0.25, 0.3) is 0 Å². The first-order valence-electron chi connectivity index (χ1n) is 8.77. The second-order valence-electron chi connectivity index (χ2n) is 6.35. The van der Waals surface area contributed by atoms with Crippen LogP contribution in [0.3, 0.4) is 0 Å². The second-order valence-corrected chi connectivity index (χ2v) is 9.08. The quantitative estimate of drug-likeness (QED) is 0.826. The van der Waals surface area contributed by atoms with E-state index in [0.717, 1.165) is 38.8 Å². The van der Waals surface area contributed by atoms with E-state index in [1.807, 2.05) is 11.4 Å². The molecule has 6 nitrogen and oxygen atoms in total. The predicted octanol–water partition coefficient (Wildman–Crippen LogP) is 1.83. The summed E-state index contributed by atoms with van der Waals surface area (Å²) in [6.07, 6.45) is 4.16. The minimum Gasteiger partial charge on any atom is -0.379 e. The van der Waals surface area contributed by atoms with Crippen LogP contribution in [0.5, 0.6) is 0 Å². The molecule has 2 aliphatic heterocycles. The summed E-state index contributed by atoms with van der Waals surface area (Å²) in [5, 5.41) is 2.05. The number of nitrogens with one attached hydrogen (secondary N) is 1. The predicted molar refractivity (Wildman–Crippen MR) is 96.4 cm³/mol. The SMILES string of the molecule is O=S(=O)(NC[C@H](c1cccs1)N1CCOCC1)N1CCCCCC1. The first-order chi connectivity index (χ1) is 11.7. The topological polar surface area (TPSA) is 61.9 Å². The van der Waals surface area contributed by atoms with E-state index in [9.17, 15) is 8.42 Å². The molecule has 8 heteroatoms. The third-order valence-corrected chi connectivity index (χ3v) is 7.27. The summed E-state index contributed by atoms with van der Waals surface area (Å²) < 4.78 is 35.3. The van der Waals surface area contributed by atoms with Crippen LogP contribution in [0.1, 0.15) is 36.6 Å². The molecule has 0 spiro atoms. The fraction of sp³-hybridized carbons (Fsp3) is 0.750. The third kappa shape index (κ3) is 4.77. The molecule has 1 aromatic heterocycles. The fourth-order valence-corrected chi connectivity index (χ4v) is 5.49. The van der Waals surface area contributed by atoms with Crippen molar-refractivity contribution in [1.29, 1.82) is 0 Å². The van der Waals surface area contributed by atoms with Gasteiger partial charge in [0.1, 0.15) is 0 Å². The molecule has 2 fully saturated rings. The highest BCUT2D eigenvalue weighted by atomic mass is 32.2. The van der Waals surface area contributed by atoms with Crippen molar-refractivity contribution in [1.82, 2.24) is 13.9 Å². The zero-order valence-electron chi connectivity index (χ0n) is 14.0. The summed E-state index contributed by atoms with van der Waals surface area (Å²) in [6.45, 7) is 4.79. The van der Waals surface area contributed by atoms with Crippen molar-refractivity contribution in [3.05, 3.63) is 22.4 Å². The summed E-state index contributed by atoms with van der Waals surface area (Å²) >= 11 is 1.68. The van der Waals surface area contributed by atoms with Crippen LogP contribution < -0.4 is 4.72 Å². The van der Waals surface area contributed by atoms with E-state index < -0.39 is 10.2 Å². The summed E-state index contributed by atoms with van der Waals surface area (Å²) in [7, 11) is -3.40. The van der Waals surface area contributed by atoms with Crippen LogP contribution in [-0.2, 0) is 14.9 Å². The standard InChI is InChI=1S/C16H27N3O3S2/c20-24(21,19-7-3-1-2-4-8-19)17-14-15(16-6-5-13-23-16)18-9-11-22-12-10-18/h5-6,13,15,17H,1-4,7-12,14H2/t15-/m1/s1. The maximum atomic E-state index is 12.7. The Morgan fingerprint density at radius 2 is 1.83 bits per heavy atom. The van der Waals surface area contributed by atoms with Gasteiger partial charge in [-0.15, -0.1) is 11.3 Å². The number of rotatable bonds is 6. The van der Waals surface area contributed by atoms with Crippen molar-refractivity contribution in [3.63, 3.8) is 0 Å². The van der Waals surface area contributed by atoms with E-state index >= 15 is 0 Å². The Labute approximate surface area is 149 Å². The molecule has 136 valence electrons. The first-order valence-corrected chi connectivity index (χ1v) is 11.1. The number of nitrogens with zero attached hydrogens (tertiary/aromatic N) is 2. The van der Waals surface area contributed by atoms with E-state index in [0.29, 0.717) is 32.8 Å². The summed E-state index contributed by atoms with van der Waals surface area (Å²) in [5.41, 5.74) is 0. The Morgan fingerprint density at radius 1 is 1.12 bits per heavy atom. The molecule has 24 heavy (non-hydrogen) atoms. The van der Waals surface area contributed by atoms with E-state index in [2.05, 4.69) is 15.7 Å². The van der Waals surface area contributed by atoms with Gasteiger partial charge in [0.05, 0.1) is 19.3 Å². The molecular formula is C16H27N3O3S2. The molecule has 2 aliphatic rings. The lowest BCUT2D eigenvalue weighted by atomic mass is 10.2. The van der Waals surface area contributed by atoms with E-state index in [1.54, 1.807) is 15.6 Å². The highest BCUT2D eigenvalue weighted by molar-refractivity contribution is 7.87. The minimum absolute atomic E-state index is 0.0793. The normalized spacial score (nSPS) is 23.0. The lowest BCUT2D eigenvalue weighted by Crippen LogP contribution is -2.47. The zero-order valence-corrected chi connectivity index (χ0v) is 15.7. The highest BCUT2D eigenvalue weighted by Gasteiger charge is 2.28. The number of ether oxygens (including phenoxy) is 1. The van der Waals surface area contributed by atoms with Crippen LogP contribution >= 0.6 is 11.3 Å². The van der Waals surface area contributed by atoms with Crippen LogP contribution in [0.2, 0.25) is 0 Å². The largest absolute Gasteiger partial charge is 0.379 e. The van der Waals surface area contributed by atoms with Gasteiger partial charge in [0.25, 0.3) is 10.2 Å². The molecule has 1 N–H and O–H groups in total. The molecule has 0 unspecified atom stereocenters. The molecule has 0 bridgehead atoms. The Kier molecular flexibility index (Phi) is 6.65. The molecule has 0 radical (unpaired) electrons. The summed E-state index contributed by atoms with van der Waals surface area (Å²) in [5.74, 6) is 0. The number of thiophene rings is 1. The van der Waals surface area contributed by atoms with Crippen molar-refractivity contribution in [3.8, 4) is 0 Å². The van der Waals surface area contributed by atoms with Crippen molar-refractivity contribution in [2.24, 2.45) is 0 Å². The molecule has 1 atom stereocenters. The van der Waals surface area contributed by atoms with Crippen LogP contribution in [0.4, 0.5) is 0 Å². The first kappa shape index (κ1) is 18.3. The molecule has 0 aromatic carbocycles. The number of hydrogen-bond donors (Lipinski definition) is 1. The Hall–Kier alpha value is -0.510. The molecule has 2 saturated heterocycles. The maximum absolute atomic E-state index is 12.7. The lowest BCUT2D eigenvalue weighted by molar-refractivity contribution is 0.0178. The van der Waals surface area contributed by atoms with Crippen molar-refractivity contribution in [2.75, 3.05) is 45.9 Å². The van der Waals surface area contributed by atoms with Gasteiger partial charge >= 0.3 is 0 Å². The van der Waals surface area contributed by atoms with Gasteiger partial charge in [-0.05, 0) is 24.3 Å². The van der Waals surface area contributed by atoms with Gasteiger partial charge in [0.2, 0.25) is 0 Å². The minimum atomic E-state index is -3.40. The van der Waals surface area contributed by atoms with Gasteiger partial charge in [-0.2, -0.15) is 12.7 Å². The van der Waals surface area contributed by atoms with Crippen LogP contribution in [-0.4, -0.2) is 63.6 Å². The zero-order chi connectivity index (χ0) is 16.8. The van der Waals surface area contributed by atoms with Gasteiger partial charge in [-0.1, -0.05) is 18.9 Å². The van der Waals surface area contributed by atoms with Crippen molar-refractivity contribution < 1.29 is 13.2 Å². The molecular weight excluding hydrogens is 346 g/mol. The second kappa shape index (κ2) is 8.73. The monoisotopic (exact) mass is 373 g/mol. The van der Waals surface area contributed by atoms with Gasteiger partial charge < -0.3 is 4.74 Å². The molecule has 1 aromatic rings. The van der Waals surface area contributed by atoms with E-state index in [-0.39, 0.29) is 6.04 Å². The average molecular weight is 374 g/mol. The van der Waals surface area contributed by atoms with E-state index in [4.69, 9.17) is 4.74 Å². The van der Waals surface area contributed by atoms with Crippen LogP contribution in [0.15, 0.2) is 17.5 Å². The average Bonchev–Trinajstić information content (AvgIpc) is 2.96. The lowest BCUT2D eigenvalue weighted by Gasteiger charge is -2.34. The Bertz CT molecular complexity index is 578. The molecule has 0 amide bonds. The van der Waals surface area contributed by atoms with Crippen molar-refractivity contribution in [2.45, 2.75) is 31.7 Å². The van der Waals surface area contributed by atoms with E-state index in [1.165, 1.54) is 4.88 Å². The highest BCUT2D eigenvalue weighted by Crippen LogP contribution is 2.26. The van der Waals surface area contributed by atoms with Crippen molar-refractivity contribution >= 4 is 21.5 Å². The number of hydrogen-bond acceptors (Lipinski definition) is 5. The van der Waals surface area contributed by atoms with Gasteiger partial charge in [0, 0.05) is 37.6 Å². The Balaban J connectivity index is 1.66. The smallest absolute Gasteiger partial charge is 0.279 e. The summed E-state index contributed by atoms with van der Waals surface area (Å²) in [6, 6.07) is 4.19.